The van der Waals surface area contributed by atoms with Crippen LogP contribution in [0, 0.1) is 6.92 Å². The van der Waals surface area contributed by atoms with Crippen LogP contribution in [0.5, 0.6) is 0 Å². The molecule has 5 rings (SSSR count). The van der Waals surface area contributed by atoms with Gasteiger partial charge in [0.2, 0.25) is 5.78 Å². The molecule has 220 valence electrons. The zero-order valence-corrected chi connectivity index (χ0v) is 25.7. The molecular formula is C36H35ClN2O4. The number of aryl methyl sites for hydroxylation is 2. The van der Waals surface area contributed by atoms with E-state index in [0.29, 0.717) is 29.5 Å². The van der Waals surface area contributed by atoms with Gasteiger partial charge in [0, 0.05) is 52.0 Å². The van der Waals surface area contributed by atoms with Crippen LogP contribution in [0.1, 0.15) is 78.3 Å². The molecule has 0 N–H and O–H groups in total. The third-order valence-corrected chi connectivity index (χ3v) is 8.21. The van der Waals surface area contributed by atoms with E-state index in [9.17, 15) is 14.4 Å². The van der Waals surface area contributed by atoms with Crippen LogP contribution in [0.15, 0.2) is 89.6 Å². The van der Waals surface area contributed by atoms with Gasteiger partial charge in [0.05, 0.1) is 4.87 Å². The molecule has 1 aromatic heterocycles. The molecule has 0 bridgehead atoms. The molecule has 3 aromatic carbocycles. The van der Waals surface area contributed by atoms with Crippen LogP contribution >= 0.6 is 11.6 Å². The Morgan fingerprint density at radius 3 is 2.30 bits per heavy atom. The highest BCUT2D eigenvalue weighted by atomic mass is 35.5. The molecule has 1 heterocycles. The summed E-state index contributed by atoms with van der Waals surface area (Å²) in [6.45, 7) is 7.95. The van der Waals surface area contributed by atoms with Gasteiger partial charge in [-0.25, -0.2) is 4.79 Å². The molecule has 6 nitrogen and oxygen atoms in total. The Labute approximate surface area is 256 Å². The zero-order valence-electron chi connectivity index (χ0n) is 24.9. The number of halogens is 1. The number of nitrogens with zero attached hydrogens (tertiary/aromatic N) is 2. The van der Waals surface area contributed by atoms with Gasteiger partial charge in [0.25, 0.3) is 0 Å². The van der Waals surface area contributed by atoms with Crippen molar-refractivity contribution in [2.24, 2.45) is 5.16 Å². The third kappa shape index (κ3) is 6.55. The van der Waals surface area contributed by atoms with E-state index in [0.717, 1.165) is 52.3 Å². The lowest BCUT2D eigenvalue weighted by molar-refractivity contribution is -0.140. The van der Waals surface area contributed by atoms with E-state index >= 15 is 0 Å². The molecule has 1 aliphatic rings. The van der Waals surface area contributed by atoms with Crippen molar-refractivity contribution in [2.75, 3.05) is 0 Å². The first-order valence-corrected chi connectivity index (χ1v) is 15.0. The van der Waals surface area contributed by atoms with Crippen LogP contribution in [0.3, 0.4) is 0 Å². The first-order chi connectivity index (χ1) is 20.6. The maximum absolute atomic E-state index is 13.7. The molecule has 4 aromatic rings. The van der Waals surface area contributed by atoms with Crippen molar-refractivity contribution >= 4 is 56.7 Å². The molecule has 0 fully saturated rings. The average molecular weight is 595 g/mol. The summed E-state index contributed by atoms with van der Waals surface area (Å²) in [4.78, 5) is 43.3. The van der Waals surface area contributed by atoms with Crippen molar-refractivity contribution < 1.29 is 19.2 Å². The van der Waals surface area contributed by atoms with Crippen LogP contribution in [0.25, 0.3) is 21.8 Å². The number of alkyl halides is 1. The first kappa shape index (κ1) is 30.2. The normalized spacial score (nSPS) is 16.9. The van der Waals surface area contributed by atoms with E-state index in [1.807, 2.05) is 80.6 Å². The van der Waals surface area contributed by atoms with Crippen LogP contribution in [-0.4, -0.2) is 32.7 Å². The number of hydrogen-bond acceptors (Lipinski definition) is 5. The van der Waals surface area contributed by atoms with Crippen LogP contribution in [0.4, 0.5) is 0 Å². The standard InChI is InChI=1S/C36H35ClN2O4/c1-5-39-32-15-13-26(34(41)28-11-7-6-9-23(28)2)21-29(32)30-22-27(14-16-33(30)39)35(42)31(38-43-24(3)40)12-8-10-25-17-19-36(4,37)20-18-25/h6-7,9,11,13-19,21-22H,5,8,10,12,20H2,1-4H3/b38-31+. The number of Topliss-reactive ketones (excluding diaryl/α,β-unsaturated/α-hetero) is 1. The number of ketones is 2. The Bertz CT molecular complexity index is 1840. The summed E-state index contributed by atoms with van der Waals surface area (Å²) in [6.07, 6.45) is 8.63. The zero-order chi connectivity index (χ0) is 30.7. The lowest BCUT2D eigenvalue weighted by Crippen LogP contribution is -2.16. The lowest BCUT2D eigenvalue weighted by atomic mass is 9.93. The van der Waals surface area contributed by atoms with Crippen molar-refractivity contribution in [3.8, 4) is 0 Å². The highest BCUT2D eigenvalue weighted by molar-refractivity contribution is 6.46. The first-order valence-electron chi connectivity index (χ1n) is 14.6. The van der Waals surface area contributed by atoms with Crippen molar-refractivity contribution in [3.63, 3.8) is 0 Å². The minimum Gasteiger partial charge on any atom is -0.341 e. The van der Waals surface area contributed by atoms with E-state index in [4.69, 9.17) is 16.4 Å². The van der Waals surface area contributed by atoms with Crippen LogP contribution in [-0.2, 0) is 16.2 Å². The molecule has 0 spiro atoms. The van der Waals surface area contributed by atoms with Gasteiger partial charge in [-0.1, -0.05) is 53.2 Å². The molecule has 1 unspecified atom stereocenters. The van der Waals surface area contributed by atoms with E-state index in [2.05, 4.69) is 22.7 Å². The lowest BCUT2D eigenvalue weighted by Gasteiger charge is -2.20. The number of hydrogen-bond donors (Lipinski definition) is 0. The number of rotatable bonds is 10. The molecule has 7 heteroatoms. The van der Waals surface area contributed by atoms with Gasteiger partial charge in [-0.15, -0.1) is 11.6 Å². The number of fused-ring (bicyclic) bond motifs is 3. The van der Waals surface area contributed by atoms with Crippen molar-refractivity contribution in [3.05, 3.63) is 107 Å². The van der Waals surface area contributed by atoms with Crippen molar-refractivity contribution in [1.29, 1.82) is 0 Å². The van der Waals surface area contributed by atoms with Gasteiger partial charge in [-0.2, -0.15) is 0 Å². The van der Waals surface area contributed by atoms with Gasteiger partial charge in [-0.3, -0.25) is 9.59 Å². The number of carbonyl (C=O) groups excluding carboxylic acids is 3. The maximum atomic E-state index is 13.7. The fraction of sp³-hybridized carbons (Fsp3) is 0.278. The highest BCUT2D eigenvalue weighted by Gasteiger charge is 2.21. The molecule has 1 atom stereocenters. The average Bonchev–Trinajstić information content (AvgIpc) is 3.31. The Morgan fingerprint density at radius 1 is 1.00 bits per heavy atom. The Balaban J connectivity index is 1.47. The summed E-state index contributed by atoms with van der Waals surface area (Å²) in [5.41, 5.74) is 5.91. The number of allylic oxidation sites excluding steroid dienone is 4. The van der Waals surface area contributed by atoms with Gasteiger partial charge in [0.15, 0.2) is 5.78 Å². The van der Waals surface area contributed by atoms with Gasteiger partial charge >= 0.3 is 5.97 Å². The topological polar surface area (TPSA) is 77.7 Å². The van der Waals surface area contributed by atoms with Crippen molar-refractivity contribution in [2.45, 2.75) is 64.8 Å². The molecule has 0 radical (unpaired) electrons. The van der Waals surface area contributed by atoms with Gasteiger partial charge in [-0.05, 0) is 88.4 Å². The predicted molar refractivity (Wildman–Crippen MR) is 173 cm³/mol. The summed E-state index contributed by atoms with van der Waals surface area (Å²) >= 11 is 6.39. The van der Waals surface area contributed by atoms with Crippen LogP contribution in [0.2, 0.25) is 0 Å². The summed E-state index contributed by atoms with van der Waals surface area (Å²) in [6, 6.07) is 18.9. The number of carbonyl (C=O) groups is 3. The molecule has 0 amide bonds. The monoisotopic (exact) mass is 594 g/mol. The molecule has 1 aliphatic carbocycles. The summed E-state index contributed by atoms with van der Waals surface area (Å²) in [7, 11) is 0. The highest BCUT2D eigenvalue weighted by Crippen LogP contribution is 2.32. The second-order valence-electron chi connectivity index (χ2n) is 11.3. The van der Waals surface area contributed by atoms with E-state index < -0.39 is 5.97 Å². The number of oxime groups is 1. The predicted octanol–water partition coefficient (Wildman–Crippen LogP) is 8.51. The van der Waals surface area contributed by atoms with Gasteiger partial charge < -0.3 is 9.40 Å². The second-order valence-corrected chi connectivity index (χ2v) is 12.1. The molecule has 0 aliphatic heterocycles. The Morgan fingerprint density at radius 2 is 1.67 bits per heavy atom. The quantitative estimate of drug-likeness (QED) is 0.0606. The maximum Gasteiger partial charge on any atom is 0.331 e. The molecule has 43 heavy (non-hydrogen) atoms. The SMILES string of the molecule is CCn1c2ccc(C(=O)/C(CCCC3=CCC(C)(Cl)C=C3)=N/OC(C)=O)cc2c2cc(C(=O)c3ccccc3C)ccc21. The van der Waals surface area contributed by atoms with E-state index in [1.165, 1.54) is 6.92 Å². The Hall–Kier alpha value is -4.29. The number of aromatic nitrogens is 1. The minimum atomic E-state index is -0.586. The third-order valence-electron chi connectivity index (χ3n) is 7.93. The summed E-state index contributed by atoms with van der Waals surface area (Å²) in [5, 5.41) is 5.72. The minimum absolute atomic E-state index is 0.0426. The fourth-order valence-electron chi connectivity index (χ4n) is 5.59. The van der Waals surface area contributed by atoms with Crippen molar-refractivity contribution in [1.82, 2.24) is 4.57 Å². The molecule has 0 saturated carbocycles. The van der Waals surface area contributed by atoms with Gasteiger partial charge in [0.1, 0.15) is 5.71 Å². The fourth-order valence-corrected chi connectivity index (χ4v) is 5.73. The summed E-state index contributed by atoms with van der Waals surface area (Å²) in [5.74, 6) is -0.926. The largest absolute Gasteiger partial charge is 0.341 e. The second kappa shape index (κ2) is 12.5. The molecular weight excluding hydrogens is 560 g/mol. The Kier molecular flexibility index (Phi) is 8.79. The number of benzene rings is 3. The van der Waals surface area contributed by atoms with E-state index in [1.54, 1.807) is 6.07 Å². The van der Waals surface area contributed by atoms with Crippen LogP contribution < -0.4 is 0 Å². The van der Waals surface area contributed by atoms with E-state index in [-0.39, 0.29) is 22.2 Å². The summed E-state index contributed by atoms with van der Waals surface area (Å²) < 4.78 is 2.17. The smallest absolute Gasteiger partial charge is 0.331 e. The molecule has 0 saturated heterocycles.